The van der Waals surface area contributed by atoms with Crippen LogP contribution >= 0.6 is 0 Å². The molecule has 0 aromatic rings. The molecule has 10 nitrogen and oxygen atoms in total. The molecule has 0 aromatic carbocycles. The van der Waals surface area contributed by atoms with Crippen molar-refractivity contribution in [3.8, 4) is 0 Å². The molecule has 0 rings (SSSR count). The second-order valence-electron chi connectivity index (χ2n) is 18.5. The maximum Gasteiger partial charge on any atom is 0.242 e. The summed E-state index contributed by atoms with van der Waals surface area (Å²) >= 11 is 0. The molecule has 0 aliphatic carbocycles. The van der Waals surface area contributed by atoms with Crippen molar-refractivity contribution in [2.75, 3.05) is 26.2 Å². The van der Waals surface area contributed by atoms with Crippen LogP contribution in [0.25, 0.3) is 0 Å². The third-order valence-electron chi connectivity index (χ3n) is 12.2. The molecular formula is C54H104N6O4. The minimum absolute atomic E-state index is 0.0501. The van der Waals surface area contributed by atoms with Crippen molar-refractivity contribution in [2.45, 2.75) is 270 Å². The van der Waals surface area contributed by atoms with Crippen LogP contribution in [0.4, 0.5) is 0 Å². The van der Waals surface area contributed by atoms with Gasteiger partial charge in [-0.3, -0.25) is 19.2 Å². The normalized spacial score (nSPS) is 12.5. The van der Waals surface area contributed by atoms with Crippen LogP contribution in [0.1, 0.15) is 258 Å². The van der Waals surface area contributed by atoms with Gasteiger partial charge in [-0.2, -0.15) is 0 Å². The number of carbonyl (C=O) groups excluding carboxylic acids is 4. The molecule has 0 saturated carbocycles. The third-order valence-corrected chi connectivity index (χ3v) is 12.2. The van der Waals surface area contributed by atoms with E-state index in [2.05, 4.69) is 59.4 Å². The molecule has 2 atom stereocenters. The van der Waals surface area contributed by atoms with E-state index in [-0.39, 0.29) is 23.6 Å². The highest BCUT2D eigenvalue weighted by Gasteiger charge is 2.21. The third kappa shape index (κ3) is 43.2. The average molecular weight is 901 g/mol. The van der Waals surface area contributed by atoms with Gasteiger partial charge in [0.25, 0.3) is 0 Å². The second kappa shape index (κ2) is 49.7. The van der Waals surface area contributed by atoms with Gasteiger partial charge in [0.15, 0.2) is 0 Å². The minimum atomic E-state index is -0.533. The summed E-state index contributed by atoms with van der Waals surface area (Å²) in [6.45, 7) is 6.67. The topological polar surface area (TPSA) is 168 Å². The van der Waals surface area contributed by atoms with Crippen molar-refractivity contribution in [2.24, 2.45) is 11.5 Å². The first-order valence-electron chi connectivity index (χ1n) is 27.2. The van der Waals surface area contributed by atoms with E-state index < -0.39 is 12.1 Å². The molecule has 4 amide bonds. The summed E-state index contributed by atoms with van der Waals surface area (Å²) in [7, 11) is 0. The zero-order valence-corrected chi connectivity index (χ0v) is 42.0. The van der Waals surface area contributed by atoms with E-state index in [0.29, 0.717) is 64.7 Å². The Kier molecular flexibility index (Phi) is 47.6. The first-order chi connectivity index (χ1) is 31.4. The standard InChI is InChI=1S/C54H104N6O4/c1-3-5-7-9-11-13-15-17-19-21-23-25-27-31-35-43-51(61)59-49(41-39-45-55)53(63)57-47-37-33-29-30-34-38-48-58-54(64)50(42-40-46-56)60-52(62)44-36-32-28-26-24-22-20-18-16-14-12-10-8-6-4-2/h17-20,49-50H,3-16,21-48,55-56H2,1-2H3,(H,57,63)(H,58,64)(H,59,61)(H,60,62)/b19-17-,20-18-. The number of nitrogens with one attached hydrogen (secondary N) is 4. The molecule has 0 heterocycles. The number of carbonyl (C=O) groups is 4. The highest BCUT2D eigenvalue weighted by Crippen LogP contribution is 2.13. The van der Waals surface area contributed by atoms with E-state index in [4.69, 9.17) is 11.5 Å². The van der Waals surface area contributed by atoms with Gasteiger partial charge in [-0.25, -0.2) is 0 Å². The maximum atomic E-state index is 12.9. The van der Waals surface area contributed by atoms with Gasteiger partial charge in [-0.15, -0.1) is 0 Å². The van der Waals surface area contributed by atoms with Crippen LogP contribution < -0.4 is 32.7 Å². The molecule has 0 saturated heterocycles. The first-order valence-corrected chi connectivity index (χ1v) is 27.2. The summed E-state index contributed by atoms with van der Waals surface area (Å²) in [5, 5.41) is 12.0. The largest absolute Gasteiger partial charge is 0.354 e. The van der Waals surface area contributed by atoms with Gasteiger partial charge < -0.3 is 32.7 Å². The van der Waals surface area contributed by atoms with Gasteiger partial charge in [0.05, 0.1) is 0 Å². The molecule has 0 aliphatic heterocycles. The monoisotopic (exact) mass is 901 g/mol. The van der Waals surface area contributed by atoms with Gasteiger partial charge in [0.1, 0.15) is 12.1 Å². The lowest BCUT2D eigenvalue weighted by Gasteiger charge is -2.18. The number of hydrogen-bond donors (Lipinski definition) is 6. The predicted octanol–water partition coefficient (Wildman–Crippen LogP) is 12.1. The Bertz CT molecular complexity index is 1050. The SMILES string of the molecule is CCCCCCCC/C=C\CCCCCCCC(=O)NC(CCCN)C(=O)NCCCCCCCCNC(=O)C(CCCN)NC(=O)CCCCCCC/C=C\CCCCCCCC. The summed E-state index contributed by atoms with van der Waals surface area (Å²) in [6, 6.07) is -1.07. The molecule has 8 N–H and O–H groups in total. The first kappa shape index (κ1) is 61.3. The van der Waals surface area contributed by atoms with E-state index in [9.17, 15) is 19.2 Å². The fourth-order valence-electron chi connectivity index (χ4n) is 8.05. The van der Waals surface area contributed by atoms with Crippen LogP contribution in [-0.2, 0) is 19.2 Å². The van der Waals surface area contributed by atoms with E-state index >= 15 is 0 Å². The van der Waals surface area contributed by atoms with Crippen molar-refractivity contribution in [1.82, 2.24) is 21.3 Å². The summed E-state index contributed by atoms with van der Waals surface area (Å²) in [4.78, 5) is 51.2. The van der Waals surface area contributed by atoms with E-state index in [0.717, 1.165) is 89.9 Å². The number of amides is 4. The average Bonchev–Trinajstić information content (AvgIpc) is 3.29. The minimum Gasteiger partial charge on any atom is -0.354 e. The lowest BCUT2D eigenvalue weighted by molar-refractivity contribution is -0.129. The Hall–Kier alpha value is -2.72. The highest BCUT2D eigenvalue weighted by molar-refractivity contribution is 5.88. The molecule has 0 fully saturated rings. The summed E-state index contributed by atoms with van der Waals surface area (Å²) in [6.07, 6.45) is 50.4. The lowest BCUT2D eigenvalue weighted by Crippen LogP contribution is -2.47. The molecular weight excluding hydrogens is 797 g/mol. The molecule has 374 valence electrons. The molecule has 0 radical (unpaired) electrons. The van der Waals surface area contributed by atoms with Gasteiger partial charge in [-0.05, 0) is 116 Å². The number of rotatable bonds is 49. The Morgan fingerprint density at radius 3 is 0.969 bits per heavy atom. The van der Waals surface area contributed by atoms with Crippen molar-refractivity contribution < 1.29 is 19.2 Å². The predicted molar refractivity (Wildman–Crippen MR) is 273 cm³/mol. The zero-order chi connectivity index (χ0) is 46.8. The van der Waals surface area contributed by atoms with Crippen LogP contribution in [0.5, 0.6) is 0 Å². The van der Waals surface area contributed by atoms with Crippen molar-refractivity contribution in [3.05, 3.63) is 24.3 Å². The molecule has 0 aromatic heterocycles. The summed E-state index contributed by atoms with van der Waals surface area (Å²) in [5.74, 6) is -0.339. The van der Waals surface area contributed by atoms with Gasteiger partial charge in [0.2, 0.25) is 23.6 Å². The molecule has 0 aliphatic rings. The van der Waals surface area contributed by atoms with Crippen LogP contribution in [0.15, 0.2) is 24.3 Å². The Balaban J connectivity index is 4.04. The molecule has 2 unspecified atom stereocenters. The Labute approximate surface area is 394 Å². The van der Waals surface area contributed by atoms with Crippen molar-refractivity contribution >= 4 is 23.6 Å². The Morgan fingerprint density at radius 2 is 0.656 bits per heavy atom. The fraction of sp³-hybridized carbons (Fsp3) is 0.852. The van der Waals surface area contributed by atoms with E-state index in [1.54, 1.807) is 0 Å². The van der Waals surface area contributed by atoms with Crippen LogP contribution in [0, 0.1) is 0 Å². The second-order valence-corrected chi connectivity index (χ2v) is 18.5. The number of hydrogen-bond acceptors (Lipinski definition) is 6. The molecule has 0 bridgehead atoms. The lowest BCUT2D eigenvalue weighted by atomic mass is 10.1. The van der Waals surface area contributed by atoms with Crippen LogP contribution in [-0.4, -0.2) is 61.9 Å². The quantitative estimate of drug-likeness (QED) is 0.0262. The highest BCUT2D eigenvalue weighted by atomic mass is 16.2. The van der Waals surface area contributed by atoms with Crippen LogP contribution in [0.3, 0.4) is 0 Å². The van der Waals surface area contributed by atoms with Gasteiger partial charge in [0, 0.05) is 25.9 Å². The van der Waals surface area contributed by atoms with Gasteiger partial charge in [-0.1, -0.05) is 167 Å². The molecule has 0 spiro atoms. The summed E-state index contributed by atoms with van der Waals surface area (Å²) < 4.78 is 0. The van der Waals surface area contributed by atoms with E-state index in [1.165, 1.54) is 116 Å². The Morgan fingerprint density at radius 1 is 0.375 bits per heavy atom. The van der Waals surface area contributed by atoms with E-state index in [1.807, 2.05) is 0 Å². The zero-order valence-electron chi connectivity index (χ0n) is 42.0. The van der Waals surface area contributed by atoms with Gasteiger partial charge >= 0.3 is 0 Å². The fourth-order valence-corrected chi connectivity index (χ4v) is 8.05. The van der Waals surface area contributed by atoms with Crippen molar-refractivity contribution in [1.29, 1.82) is 0 Å². The number of nitrogens with two attached hydrogens (primary N) is 2. The number of unbranched alkanes of at least 4 members (excludes halogenated alkanes) is 27. The molecule has 64 heavy (non-hydrogen) atoms. The van der Waals surface area contributed by atoms with Crippen LogP contribution in [0.2, 0.25) is 0 Å². The van der Waals surface area contributed by atoms with Crippen molar-refractivity contribution in [3.63, 3.8) is 0 Å². The number of allylic oxidation sites excluding steroid dienone is 4. The molecule has 10 heteroatoms. The smallest absolute Gasteiger partial charge is 0.242 e. The summed E-state index contributed by atoms with van der Waals surface area (Å²) in [5.41, 5.74) is 11.5. The maximum absolute atomic E-state index is 12.9.